The van der Waals surface area contributed by atoms with Crippen LogP contribution in [-0.2, 0) is 0 Å². The van der Waals surface area contributed by atoms with Gasteiger partial charge in [-0.1, -0.05) is 13.0 Å². The van der Waals surface area contributed by atoms with Gasteiger partial charge in [-0.15, -0.1) is 0 Å². The van der Waals surface area contributed by atoms with Crippen molar-refractivity contribution in [1.29, 1.82) is 0 Å². The second-order valence-corrected chi connectivity index (χ2v) is 4.75. The first kappa shape index (κ1) is 12.0. The van der Waals surface area contributed by atoms with E-state index in [1.54, 1.807) is 12.1 Å². The van der Waals surface area contributed by atoms with Gasteiger partial charge in [0.2, 0.25) is 0 Å². The fourth-order valence-electron chi connectivity index (χ4n) is 2.05. The average molecular weight is 233 g/mol. The van der Waals surface area contributed by atoms with E-state index in [-0.39, 0.29) is 11.7 Å². The zero-order valence-electron chi connectivity index (χ0n) is 10.4. The van der Waals surface area contributed by atoms with Gasteiger partial charge >= 0.3 is 0 Å². The number of nitrogens with zero attached hydrogens (tertiary/aromatic N) is 1. The molecule has 1 aliphatic carbocycles. The van der Waals surface area contributed by atoms with E-state index in [0.29, 0.717) is 11.6 Å². The Morgan fingerprint density at radius 3 is 2.71 bits per heavy atom. The lowest BCUT2D eigenvalue weighted by atomic mass is 10.1. The minimum atomic E-state index is -0.0353. The summed E-state index contributed by atoms with van der Waals surface area (Å²) in [4.78, 5) is 14.2. The van der Waals surface area contributed by atoms with Crippen LogP contribution in [0, 0.1) is 6.92 Å². The SMILES string of the molecule is CCCN(C(=O)c1ccc(C)cc1O)C1CC1. The lowest BCUT2D eigenvalue weighted by molar-refractivity contribution is 0.0740. The number of phenolic OH excluding ortho intramolecular Hbond substituents is 1. The molecule has 0 spiro atoms. The highest BCUT2D eigenvalue weighted by Crippen LogP contribution is 2.30. The second kappa shape index (κ2) is 4.78. The minimum Gasteiger partial charge on any atom is -0.507 e. The molecule has 2 rings (SSSR count). The van der Waals surface area contributed by atoms with E-state index in [9.17, 15) is 9.90 Å². The predicted molar refractivity (Wildman–Crippen MR) is 67.2 cm³/mol. The number of hydrogen-bond acceptors (Lipinski definition) is 2. The van der Waals surface area contributed by atoms with Gasteiger partial charge < -0.3 is 10.0 Å². The second-order valence-electron chi connectivity index (χ2n) is 4.75. The number of benzene rings is 1. The molecule has 1 saturated carbocycles. The van der Waals surface area contributed by atoms with E-state index in [0.717, 1.165) is 31.4 Å². The van der Waals surface area contributed by atoms with Gasteiger partial charge in [0.25, 0.3) is 5.91 Å². The van der Waals surface area contributed by atoms with Gasteiger partial charge in [0, 0.05) is 12.6 Å². The third kappa shape index (κ3) is 2.60. The predicted octanol–water partition coefficient (Wildman–Crippen LogP) is 2.72. The van der Waals surface area contributed by atoms with Crippen molar-refractivity contribution in [3.63, 3.8) is 0 Å². The molecule has 3 nitrogen and oxygen atoms in total. The Bertz CT molecular complexity index is 424. The van der Waals surface area contributed by atoms with Crippen LogP contribution in [0.1, 0.15) is 42.1 Å². The molecule has 92 valence electrons. The maximum absolute atomic E-state index is 12.3. The first-order valence-corrected chi connectivity index (χ1v) is 6.24. The van der Waals surface area contributed by atoms with Gasteiger partial charge in [0.1, 0.15) is 5.75 Å². The Hall–Kier alpha value is -1.51. The Morgan fingerprint density at radius 1 is 1.47 bits per heavy atom. The fraction of sp³-hybridized carbons (Fsp3) is 0.500. The van der Waals surface area contributed by atoms with Gasteiger partial charge in [-0.3, -0.25) is 4.79 Å². The van der Waals surface area contributed by atoms with Gasteiger partial charge in [0.05, 0.1) is 5.56 Å². The van der Waals surface area contributed by atoms with E-state index < -0.39 is 0 Å². The molecular formula is C14H19NO2. The van der Waals surface area contributed by atoms with Crippen molar-refractivity contribution in [3.8, 4) is 5.75 Å². The van der Waals surface area contributed by atoms with Crippen LogP contribution in [-0.4, -0.2) is 28.5 Å². The van der Waals surface area contributed by atoms with Crippen LogP contribution in [0.2, 0.25) is 0 Å². The molecule has 1 fully saturated rings. The van der Waals surface area contributed by atoms with Crippen LogP contribution in [0.4, 0.5) is 0 Å². The fourth-order valence-corrected chi connectivity index (χ4v) is 2.05. The topological polar surface area (TPSA) is 40.5 Å². The van der Waals surface area contributed by atoms with Crippen molar-refractivity contribution >= 4 is 5.91 Å². The summed E-state index contributed by atoms with van der Waals surface area (Å²) < 4.78 is 0. The van der Waals surface area contributed by atoms with Gasteiger partial charge in [0.15, 0.2) is 0 Å². The molecule has 0 aromatic heterocycles. The third-order valence-electron chi connectivity index (χ3n) is 3.10. The molecule has 1 aliphatic rings. The monoisotopic (exact) mass is 233 g/mol. The van der Waals surface area contributed by atoms with Gasteiger partial charge in [-0.2, -0.15) is 0 Å². The van der Waals surface area contributed by atoms with Crippen molar-refractivity contribution in [2.45, 2.75) is 39.2 Å². The van der Waals surface area contributed by atoms with Crippen LogP contribution in [0.25, 0.3) is 0 Å². The van der Waals surface area contributed by atoms with Gasteiger partial charge in [-0.25, -0.2) is 0 Å². The van der Waals surface area contributed by atoms with E-state index in [4.69, 9.17) is 0 Å². The molecule has 3 heteroatoms. The summed E-state index contributed by atoms with van der Waals surface area (Å²) in [5.74, 6) is 0.0589. The number of rotatable bonds is 4. The summed E-state index contributed by atoms with van der Waals surface area (Å²) in [5, 5.41) is 9.83. The first-order chi connectivity index (χ1) is 8.13. The maximum Gasteiger partial charge on any atom is 0.257 e. The molecule has 17 heavy (non-hydrogen) atoms. The molecule has 0 heterocycles. The van der Waals surface area contributed by atoms with Crippen molar-refractivity contribution in [3.05, 3.63) is 29.3 Å². The molecule has 1 N–H and O–H groups in total. The Balaban J connectivity index is 2.22. The third-order valence-corrected chi connectivity index (χ3v) is 3.10. The number of carbonyl (C=O) groups is 1. The standard InChI is InChI=1S/C14H19NO2/c1-3-8-15(11-5-6-11)14(17)12-7-4-10(2)9-13(12)16/h4,7,9,11,16H,3,5-6,8H2,1-2H3. The molecule has 0 saturated heterocycles. The molecule has 1 aromatic rings. The molecule has 0 atom stereocenters. The quantitative estimate of drug-likeness (QED) is 0.868. The molecule has 0 aliphatic heterocycles. The lowest BCUT2D eigenvalue weighted by Crippen LogP contribution is -2.33. The summed E-state index contributed by atoms with van der Waals surface area (Å²) in [6.07, 6.45) is 3.14. The summed E-state index contributed by atoms with van der Waals surface area (Å²) in [6.45, 7) is 4.74. The summed E-state index contributed by atoms with van der Waals surface area (Å²) in [5.41, 5.74) is 1.39. The van der Waals surface area contributed by atoms with Crippen molar-refractivity contribution in [1.82, 2.24) is 4.90 Å². The zero-order valence-corrected chi connectivity index (χ0v) is 10.4. The lowest BCUT2D eigenvalue weighted by Gasteiger charge is -2.22. The van der Waals surface area contributed by atoms with Crippen molar-refractivity contribution in [2.24, 2.45) is 0 Å². The molecule has 0 bridgehead atoms. The smallest absolute Gasteiger partial charge is 0.257 e. The molecule has 1 amide bonds. The molecule has 1 aromatic carbocycles. The van der Waals surface area contributed by atoms with Gasteiger partial charge in [-0.05, 0) is 43.9 Å². The van der Waals surface area contributed by atoms with Crippen LogP contribution < -0.4 is 0 Å². The summed E-state index contributed by atoms with van der Waals surface area (Å²) >= 11 is 0. The van der Waals surface area contributed by atoms with Crippen LogP contribution in [0.5, 0.6) is 5.75 Å². The zero-order chi connectivity index (χ0) is 12.4. The maximum atomic E-state index is 12.3. The summed E-state index contributed by atoms with van der Waals surface area (Å²) in [6, 6.07) is 5.62. The highest BCUT2D eigenvalue weighted by molar-refractivity contribution is 5.97. The number of phenols is 1. The molecule has 0 unspecified atom stereocenters. The number of carbonyl (C=O) groups excluding carboxylic acids is 1. The van der Waals surface area contributed by atoms with E-state index in [1.165, 1.54) is 0 Å². The van der Waals surface area contributed by atoms with E-state index in [2.05, 4.69) is 6.92 Å². The van der Waals surface area contributed by atoms with Crippen molar-refractivity contribution in [2.75, 3.05) is 6.54 Å². The number of hydrogen-bond donors (Lipinski definition) is 1. The van der Waals surface area contributed by atoms with Crippen LogP contribution in [0.15, 0.2) is 18.2 Å². The number of aryl methyl sites for hydroxylation is 1. The molecule has 0 radical (unpaired) electrons. The highest BCUT2D eigenvalue weighted by atomic mass is 16.3. The minimum absolute atomic E-state index is 0.0353. The van der Waals surface area contributed by atoms with Crippen molar-refractivity contribution < 1.29 is 9.90 Å². The summed E-state index contributed by atoms with van der Waals surface area (Å²) in [7, 11) is 0. The molecular weight excluding hydrogens is 214 g/mol. The Labute approximate surface area is 102 Å². The first-order valence-electron chi connectivity index (χ1n) is 6.24. The number of aromatic hydroxyl groups is 1. The largest absolute Gasteiger partial charge is 0.507 e. The number of amides is 1. The highest BCUT2D eigenvalue weighted by Gasteiger charge is 2.33. The van der Waals surface area contributed by atoms with Crippen LogP contribution in [0.3, 0.4) is 0 Å². The van der Waals surface area contributed by atoms with E-state index >= 15 is 0 Å². The average Bonchev–Trinajstić information content (AvgIpc) is 3.09. The van der Waals surface area contributed by atoms with E-state index in [1.807, 2.05) is 17.9 Å². The van der Waals surface area contributed by atoms with Crippen LogP contribution >= 0.6 is 0 Å². The Kier molecular flexibility index (Phi) is 3.36. The normalized spacial score (nSPS) is 14.7. The Morgan fingerprint density at radius 2 is 2.18 bits per heavy atom.